The SMILES string of the molecule is O=C1[C@H](Cc2ccccc2)n2cccc2C2NCCN12. The lowest BCUT2D eigenvalue weighted by Gasteiger charge is -2.36. The predicted molar refractivity (Wildman–Crippen MR) is 76.1 cm³/mol. The highest BCUT2D eigenvalue weighted by Crippen LogP contribution is 2.34. The summed E-state index contributed by atoms with van der Waals surface area (Å²) in [5.74, 6) is 0.229. The van der Waals surface area contributed by atoms with Gasteiger partial charge in [0.1, 0.15) is 12.2 Å². The highest BCUT2D eigenvalue weighted by atomic mass is 16.2. The Balaban J connectivity index is 1.73. The Morgan fingerprint density at radius 3 is 2.85 bits per heavy atom. The molecule has 4 nitrogen and oxygen atoms in total. The van der Waals surface area contributed by atoms with Crippen LogP contribution in [0.2, 0.25) is 0 Å². The van der Waals surface area contributed by atoms with Crippen LogP contribution >= 0.6 is 0 Å². The van der Waals surface area contributed by atoms with Crippen LogP contribution in [0.25, 0.3) is 0 Å². The number of nitrogens with zero attached hydrogens (tertiary/aromatic N) is 2. The van der Waals surface area contributed by atoms with Crippen LogP contribution in [-0.2, 0) is 11.2 Å². The lowest BCUT2D eigenvalue weighted by atomic mass is 10.0. The van der Waals surface area contributed by atoms with Crippen molar-refractivity contribution in [2.75, 3.05) is 13.1 Å². The van der Waals surface area contributed by atoms with Crippen molar-refractivity contribution in [3.63, 3.8) is 0 Å². The molecule has 1 aromatic carbocycles. The maximum absolute atomic E-state index is 12.7. The minimum Gasteiger partial charge on any atom is -0.336 e. The van der Waals surface area contributed by atoms with Gasteiger partial charge in [0, 0.05) is 25.7 Å². The first-order chi connectivity index (χ1) is 9.84. The molecule has 1 aromatic heterocycles. The van der Waals surface area contributed by atoms with Crippen molar-refractivity contribution in [2.24, 2.45) is 0 Å². The van der Waals surface area contributed by atoms with Gasteiger partial charge in [0.25, 0.3) is 0 Å². The first kappa shape index (κ1) is 11.7. The summed E-state index contributed by atoms with van der Waals surface area (Å²) in [5, 5.41) is 3.40. The number of benzene rings is 1. The fourth-order valence-electron chi connectivity index (χ4n) is 3.32. The summed E-state index contributed by atoms with van der Waals surface area (Å²) in [4.78, 5) is 14.7. The summed E-state index contributed by atoms with van der Waals surface area (Å²) < 4.78 is 2.13. The summed E-state index contributed by atoms with van der Waals surface area (Å²) in [6.45, 7) is 1.68. The molecular formula is C16H17N3O. The second kappa shape index (κ2) is 4.49. The molecule has 102 valence electrons. The monoisotopic (exact) mass is 267 g/mol. The minimum atomic E-state index is -0.112. The molecule has 0 saturated carbocycles. The van der Waals surface area contributed by atoms with Crippen molar-refractivity contribution in [2.45, 2.75) is 18.6 Å². The minimum absolute atomic E-state index is 0.0597. The fraction of sp³-hybridized carbons (Fsp3) is 0.312. The Hall–Kier alpha value is -2.07. The van der Waals surface area contributed by atoms with E-state index in [9.17, 15) is 4.79 Å². The van der Waals surface area contributed by atoms with Crippen LogP contribution in [0.5, 0.6) is 0 Å². The smallest absolute Gasteiger partial charge is 0.247 e. The Labute approximate surface area is 118 Å². The zero-order chi connectivity index (χ0) is 13.5. The molecule has 3 heterocycles. The van der Waals surface area contributed by atoms with Gasteiger partial charge in [0.05, 0.1) is 5.69 Å². The van der Waals surface area contributed by atoms with E-state index in [1.54, 1.807) is 0 Å². The molecule has 2 aromatic rings. The maximum Gasteiger partial charge on any atom is 0.247 e. The second-order valence-electron chi connectivity index (χ2n) is 5.43. The third-order valence-electron chi connectivity index (χ3n) is 4.27. The van der Waals surface area contributed by atoms with Gasteiger partial charge < -0.3 is 9.47 Å². The van der Waals surface area contributed by atoms with Crippen LogP contribution < -0.4 is 5.32 Å². The van der Waals surface area contributed by atoms with Crippen molar-refractivity contribution in [1.29, 1.82) is 0 Å². The van der Waals surface area contributed by atoms with Gasteiger partial charge in [-0.15, -0.1) is 0 Å². The highest BCUT2D eigenvalue weighted by Gasteiger charge is 2.41. The van der Waals surface area contributed by atoms with Gasteiger partial charge in [-0.2, -0.15) is 0 Å². The van der Waals surface area contributed by atoms with Crippen molar-refractivity contribution >= 4 is 5.91 Å². The van der Waals surface area contributed by atoms with Crippen LogP contribution in [0.1, 0.15) is 23.5 Å². The lowest BCUT2D eigenvalue weighted by Crippen LogP contribution is -2.45. The zero-order valence-electron chi connectivity index (χ0n) is 11.2. The van der Waals surface area contributed by atoms with Crippen molar-refractivity contribution in [3.05, 3.63) is 59.9 Å². The molecule has 0 aliphatic carbocycles. The van der Waals surface area contributed by atoms with E-state index in [1.165, 1.54) is 11.3 Å². The first-order valence-corrected chi connectivity index (χ1v) is 7.09. The summed E-state index contributed by atoms with van der Waals surface area (Å²) in [6.07, 6.45) is 2.84. The van der Waals surface area contributed by atoms with Crippen molar-refractivity contribution in [1.82, 2.24) is 14.8 Å². The second-order valence-corrected chi connectivity index (χ2v) is 5.43. The van der Waals surface area contributed by atoms with E-state index in [2.05, 4.69) is 28.1 Å². The van der Waals surface area contributed by atoms with E-state index in [0.29, 0.717) is 0 Å². The zero-order valence-corrected chi connectivity index (χ0v) is 11.2. The van der Waals surface area contributed by atoms with Gasteiger partial charge in [0.15, 0.2) is 0 Å². The average molecular weight is 267 g/mol. The predicted octanol–water partition coefficient (Wildman–Crippen LogP) is 1.72. The van der Waals surface area contributed by atoms with Gasteiger partial charge in [0.2, 0.25) is 5.91 Å². The number of nitrogens with one attached hydrogen (secondary N) is 1. The lowest BCUT2D eigenvalue weighted by molar-refractivity contribution is -0.138. The molecule has 2 atom stereocenters. The Kier molecular flexibility index (Phi) is 2.63. The van der Waals surface area contributed by atoms with Gasteiger partial charge in [-0.25, -0.2) is 0 Å². The molecule has 1 fully saturated rings. The van der Waals surface area contributed by atoms with Gasteiger partial charge >= 0.3 is 0 Å². The average Bonchev–Trinajstić information content (AvgIpc) is 3.12. The van der Waals surface area contributed by atoms with Crippen molar-refractivity contribution < 1.29 is 4.79 Å². The largest absolute Gasteiger partial charge is 0.336 e. The molecule has 0 bridgehead atoms. The standard InChI is InChI=1S/C16H17N3O/c20-16-14(11-12-5-2-1-3-6-12)18-9-4-7-13(18)15-17-8-10-19(15)16/h1-7,9,14-15,17H,8,10-11H2/t14-,15?/m0/s1. The topological polar surface area (TPSA) is 37.3 Å². The maximum atomic E-state index is 12.7. The summed E-state index contributed by atoms with van der Waals surface area (Å²) >= 11 is 0. The van der Waals surface area contributed by atoms with E-state index in [0.717, 1.165) is 19.5 Å². The molecule has 1 saturated heterocycles. The number of aromatic nitrogens is 1. The molecule has 1 unspecified atom stereocenters. The number of rotatable bonds is 2. The summed E-state index contributed by atoms with van der Waals surface area (Å²) in [5.41, 5.74) is 2.40. The van der Waals surface area contributed by atoms with Crippen LogP contribution in [0, 0.1) is 0 Å². The van der Waals surface area contributed by atoms with Crippen LogP contribution in [0.15, 0.2) is 48.7 Å². The third-order valence-corrected chi connectivity index (χ3v) is 4.27. The summed E-state index contributed by atoms with van der Waals surface area (Å²) in [7, 11) is 0. The third kappa shape index (κ3) is 1.68. The highest BCUT2D eigenvalue weighted by molar-refractivity contribution is 5.83. The molecule has 0 radical (unpaired) electrons. The number of carbonyl (C=O) groups is 1. The van der Waals surface area contributed by atoms with E-state index >= 15 is 0 Å². The van der Waals surface area contributed by atoms with Gasteiger partial charge in [-0.05, 0) is 17.7 Å². The number of fused-ring (bicyclic) bond motifs is 3. The van der Waals surface area contributed by atoms with Crippen LogP contribution in [-0.4, -0.2) is 28.5 Å². The molecule has 1 N–H and O–H groups in total. The van der Waals surface area contributed by atoms with Crippen LogP contribution in [0.4, 0.5) is 0 Å². The number of carbonyl (C=O) groups excluding carboxylic acids is 1. The molecule has 2 aliphatic heterocycles. The normalized spacial score (nSPS) is 24.6. The molecular weight excluding hydrogens is 250 g/mol. The van der Waals surface area contributed by atoms with Gasteiger partial charge in [-0.3, -0.25) is 10.1 Å². The van der Waals surface area contributed by atoms with E-state index < -0.39 is 0 Å². The fourth-order valence-corrected chi connectivity index (χ4v) is 3.32. The molecule has 4 heteroatoms. The summed E-state index contributed by atoms with van der Waals surface area (Å²) in [6, 6.07) is 14.3. The Morgan fingerprint density at radius 2 is 2.00 bits per heavy atom. The molecule has 0 spiro atoms. The molecule has 4 rings (SSSR count). The number of amides is 1. The van der Waals surface area contributed by atoms with Gasteiger partial charge in [-0.1, -0.05) is 30.3 Å². The number of hydrogen-bond donors (Lipinski definition) is 1. The molecule has 1 amide bonds. The molecule has 20 heavy (non-hydrogen) atoms. The van der Waals surface area contributed by atoms with E-state index in [4.69, 9.17) is 0 Å². The Bertz CT molecular complexity index is 634. The number of hydrogen-bond acceptors (Lipinski definition) is 2. The Morgan fingerprint density at radius 1 is 1.15 bits per heavy atom. The molecule has 2 aliphatic rings. The quantitative estimate of drug-likeness (QED) is 0.899. The first-order valence-electron chi connectivity index (χ1n) is 7.09. The van der Waals surface area contributed by atoms with Crippen LogP contribution in [0.3, 0.4) is 0 Å². The van der Waals surface area contributed by atoms with E-state index in [1.807, 2.05) is 35.4 Å². The van der Waals surface area contributed by atoms with Crippen molar-refractivity contribution in [3.8, 4) is 0 Å². The van der Waals surface area contributed by atoms with E-state index in [-0.39, 0.29) is 18.1 Å².